The number of ketones is 1. The summed E-state index contributed by atoms with van der Waals surface area (Å²) in [5, 5.41) is 9.16. The molecule has 1 aliphatic carbocycles. The lowest BCUT2D eigenvalue weighted by molar-refractivity contribution is 0.0993. The van der Waals surface area contributed by atoms with E-state index in [0.717, 1.165) is 32.1 Å². The van der Waals surface area contributed by atoms with Crippen molar-refractivity contribution in [2.24, 2.45) is 0 Å². The minimum atomic E-state index is -0.313. The Morgan fingerprint density at radius 1 is 1.10 bits per heavy atom. The molecule has 0 amide bonds. The number of thioether (sulfide) groups is 1. The molecule has 1 saturated carbocycles. The highest BCUT2D eigenvalue weighted by molar-refractivity contribution is 8.00. The maximum atomic E-state index is 14.6. The second kappa shape index (κ2) is 9.77. The van der Waals surface area contributed by atoms with Crippen molar-refractivity contribution in [3.63, 3.8) is 0 Å². The Balaban J connectivity index is 1.64. The van der Waals surface area contributed by atoms with Crippen LogP contribution < -0.4 is 0 Å². The number of halogens is 1. The third-order valence-electron chi connectivity index (χ3n) is 6.02. The molecule has 0 radical (unpaired) electrons. The standard InChI is InChI=1S/C25H28FN3OS/c1-3-18-13-15-19(16-14-18)23(30)17(2)31-25-28-27-24(21-11-7-8-12-22(21)26)29(25)20-9-5-4-6-10-20/h7-8,11-17,20H,3-6,9-10H2,1-2H3. The van der Waals surface area contributed by atoms with E-state index in [1.807, 2.05) is 37.3 Å². The SMILES string of the molecule is CCc1ccc(C(=O)C(C)Sc2nnc(-c3ccccc3F)n2C2CCCCC2)cc1. The minimum Gasteiger partial charge on any atom is -0.299 e. The molecular weight excluding hydrogens is 409 g/mol. The first kappa shape index (κ1) is 21.8. The molecule has 162 valence electrons. The Morgan fingerprint density at radius 2 is 1.81 bits per heavy atom. The molecule has 4 rings (SSSR count). The van der Waals surface area contributed by atoms with Crippen molar-refractivity contribution >= 4 is 17.5 Å². The quantitative estimate of drug-likeness (QED) is 0.312. The highest BCUT2D eigenvalue weighted by Crippen LogP contribution is 2.37. The fourth-order valence-electron chi connectivity index (χ4n) is 4.20. The van der Waals surface area contributed by atoms with Crippen LogP contribution in [0.5, 0.6) is 0 Å². The van der Waals surface area contributed by atoms with Gasteiger partial charge >= 0.3 is 0 Å². The van der Waals surface area contributed by atoms with Crippen molar-refractivity contribution < 1.29 is 9.18 Å². The summed E-state index contributed by atoms with van der Waals surface area (Å²) in [6.07, 6.45) is 6.49. The smallest absolute Gasteiger partial charge is 0.192 e. The third kappa shape index (κ3) is 4.74. The van der Waals surface area contributed by atoms with Crippen LogP contribution in [-0.2, 0) is 6.42 Å². The van der Waals surface area contributed by atoms with Gasteiger partial charge in [0, 0.05) is 11.6 Å². The predicted molar refractivity (Wildman–Crippen MR) is 123 cm³/mol. The average Bonchev–Trinajstić information content (AvgIpc) is 3.22. The fourth-order valence-corrected chi connectivity index (χ4v) is 5.20. The van der Waals surface area contributed by atoms with E-state index < -0.39 is 0 Å². The van der Waals surface area contributed by atoms with E-state index in [1.54, 1.807) is 12.1 Å². The molecule has 3 aromatic rings. The van der Waals surface area contributed by atoms with E-state index in [-0.39, 0.29) is 22.9 Å². The Bertz CT molecular complexity index is 1040. The lowest BCUT2D eigenvalue weighted by Crippen LogP contribution is -2.18. The highest BCUT2D eigenvalue weighted by atomic mass is 32.2. The van der Waals surface area contributed by atoms with Crippen molar-refractivity contribution in [1.29, 1.82) is 0 Å². The van der Waals surface area contributed by atoms with Gasteiger partial charge in [-0.2, -0.15) is 0 Å². The van der Waals surface area contributed by atoms with Crippen molar-refractivity contribution in [3.8, 4) is 11.4 Å². The second-order valence-corrected chi connectivity index (χ2v) is 9.43. The van der Waals surface area contributed by atoms with Gasteiger partial charge in [0.25, 0.3) is 0 Å². The van der Waals surface area contributed by atoms with Gasteiger partial charge in [0.2, 0.25) is 0 Å². The molecule has 1 atom stereocenters. The predicted octanol–water partition coefficient (Wildman–Crippen LogP) is 6.52. The molecule has 1 aliphatic rings. The Labute approximate surface area is 187 Å². The Kier molecular flexibility index (Phi) is 6.86. The van der Waals surface area contributed by atoms with Crippen molar-refractivity contribution in [1.82, 2.24) is 14.8 Å². The first-order valence-corrected chi connectivity index (χ1v) is 12.0. The number of nitrogens with zero attached hydrogens (tertiary/aromatic N) is 3. The molecule has 1 aromatic heterocycles. The maximum absolute atomic E-state index is 14.6. The van der Waals surface area contributed by atoms with Gasteiger partial charge in [0.05, 0.1) is 10.8 Å². The molecule has 0 spiro atoms. The summed E-state index contributed by atoms with van der Waals surface area (Å²) < 4.78 is 16.6. The van der Waals surface area contributed by atoms with Crippen LogP contribution in [-0.4, -0.2) is 25.8 Å². The van der Waals surface area contributed by atoms with Gasteiger partial charge in [-0.3, -0.25) is 9.36 Å². The maximum Gasteiger partial charge on any atom is 0.192 e. The number of benzene rings is 2. The van der Waals surface area contributed by atoms with Crippen LogP contribution in [0.15, 0.2) is 53.7 Å². The van der Waals surface area contributed by atoms with Crippen LogP contribution in [0.2, 0.25) is 0 Å². The molecule has 1 fully saturated rings. The van der Waals surface area contributed by atoms with E-state index in [0.29, 0.717) is 22.1 Å². The summed E-state index contributed by atoms with van der Waals surface area (Å²) in [6, 6.07) is 14.7. The zero-order chi connectivity index (χ0) is 21.8. The van der Waals surface area contributed by atoms with E-state index >= 15 is 0 Å². The second-order valence-electron chi connectivity index (χ2n) is 8.12. The molecule has 6 heteroatoms. The van der Waals surface area contributed by atoms with Gasteiger partial charge < -0.3 is 0 Å². The number of aryl methyl sites for hydroxylation is 1. The van der Waals surface area contributed by atoms with Crippen molar-refractivity contribution in [2.45, 2.75) is 68.8 Å². The van der Waals surface area contributed by atoms with E-state index in [2.05, 4.69) is 21.7 Å². The van der Waals surface area contributed by atoms with Gasteiger partial charge in [-0.25, -0.2) is 4.39 Å². The van der Waals surface area contributed by atoms with Crippen LogP contribution in [0, 0.1) is 5.82 Å². The van der Waals surface area contributed by atoms with E-state index in [1.165, 1.54) is 29.8 Å². The number of aromatic nitrogens is 3. The largest absolute Gasteiger partial charge is 0.299 e. The van der Waals surface area contributed by atoms with Gasteiger partial charge in [-0.05, 0) is 43.9 Å². The van der Waals surface area contributed by atoms with Crippen LogP contribution >= 0.6 is 11.8 Å². The monoisotopic (exact) mass is 437 g/mol. The zero-order valence-electron chi connectivity index (χ0n) is 18.1. The summed E-state index contributed by atoms with van der Waals surface area (Å²) in [5.74, 6) is 0.321. The summed E-state index contributed by atoms with van der Waals surface area (Å²) in [6.45, 7) is 4.00. The van der Waals surface area contributed by atoms with Gasteiger partial charge in [-0.15, -0.1) is 10.2 Å². The molecule has 0 bridgehead atoms. The number of carbonyl (C=O) groups excluding carboxylic acids is 1. The number of rotatable bonds is 7. The van der Waals surface area contributed by atoms with Crippen molar-refractivity contribution in [3.05, 3.63) is 65.5 Å². The average molecular weight is 438 g/mol. The van der Waals surface area contributed by atoms with Crippen LogP contribution in [0.4, 0.5) is 4.39 Å². The third-order valence-corrected chi connectivity index (χ3v) is 7.07. The number of carbonyl (C=O) groups is 1. The number of hydrogen-bond acceptors (Lipinski definition) is 4. The Hall–Kier alpha value is -2.47. The lowest BCUT2D eigenvalue weighted by Gasteiger charge is -2.26. The Morgan fingerprint density at radius 3 is 2.48 bits per heavy atom. The number of Topliss-reactive ketones (excluding diaryl/α,β-unsaturated/α-hetero) is 1. The molecule has 31 heavy (non-hydrogen) atoms. The molecule has 0 saturated heterocycles. The molecule has 0 N–H and O–H groups in total. The topological polar surface area (TPSA) is 47.8 Å². The summed E-state index contributed by atoms with van der Waals surface area (Å²) in [7, 11) is 0. The highest BCUT2D eigenvalue weighted by Gasteiger charge is 2.27. The van der Waals surface area contributed by atoms with Gasteiger partial charge in [0.15, 0.2) is 16.8 Å². The van der Waals surface area contributed by atoms with Gasteiger partial charge in [0.1, 0.15) is 5.82 Å². The molecule has 0 aliphatic heterocycles. The van der Waals surface area contributed by atoms with Crippen LogP contribution in [0.3, 0.4) is 0 Å². The number of hydrogen-bond donors (Lipinski definition) is 0. The first-order chi connectivity index (χ1) is 15.1. The van der Waals surface area contributed by atoms with E-state index in [4.69, 9.17) is 0 Å². The summed E-state index contributed by atoms with van der Waals surface area (Å²) in [5.41, 5.74) is 2.38. The van der Waals surface area contributed by atoms with Crippen molar-refractivity contribution in [2.75, 3.05) is 0 Å². The molecule has 1 heterocycles. The van der Waals surface area contributed by atoms with Gasteiger partial charge in [-0.1, -0.05) is 74.3 Å². The molecular formula is C25H28FN3OS. The first-order valence-electron chi connectivity index (χ1n) is 11.1. The molecule has 1 unspecified atom stereocenters. The van der Waals surface area contributed by atoms with Crippen LogP contribution in [0.25, 0.3) is 11.4 Å². The summed E-state index contributed by atoms with van der Waals surface area (Å²) >= 11 is 1.42. The fraction of sp³-hybridized carbons (Fsp3) is 0.400. The summed E-state index contributed by atoms with van der Waals surface area (Å²) in [4.78, 5) is 13.0. The normalized spacial score (nSPS) is 15.7. The molecule has 2 aromatic carbocycles. The minimum absolute atomic E-state index is 0.0679. The van der Waals surface area contributed by atoms with Crippen LogP contribution in [0.1, 0.15) is 67.9 Å². The van der Waals surface area contributed by atoms with E-state index in [9.17, 15) is 9.18 Å². The lowest BCUT2D eigenvalue weighted by atomic mass is 9.95. The molecule has 4 nitrogen and oxygen atoms in total. The zero-order valence-corrected chi connectivity index (χ0v) is 18.9.